The van der Waals surface area contributed by atoms with Crippen LogP contribution in [0.2, 0.25) is 0 Å². The summed E-state index contributed by atoms with van der Waals surface area (Å²) in [6.07, 6.45) is 4.95. The number of carbonyl (C=O) groups is 1. The Morgan fingerprint density at radius 1 is 1.41 bits per heavy atom. The van der Waals surface area contributed by atoms with E-state index in [1.165, 1.54) is 0 Å². The molecule has 0 radical (unpaired) electrons. The Morgan fingerprint density at radius 2 is 2.19 bits per heavy atom. The van der Waals surface area contributed by atoms with Crippen LogP contribution in [-0.2, 0) is 11.3 Å². The zero-order valence-corrected chi connectivity index (χ0v) is 15.8. The first-order valence-electron chi connectivity index (χ1n) is 9.29. The van der Waals surface area contributed by atoms with Crippen molar-refractivity contribution in [3.63, 3.8) is 0 Å². The van der Waals surface area contributed by atoms with E-state index in [2.05, 4.69) is 21.4 Å². The number of rotatable bonds is 7. The van der Waals surface area contributed by atoms with Gasteiger partial charge in [-0.15, -0.1) is 6.58 Å². The van der Waals surface area contributed by atoms with Crippen LogP contribution in [0.5, 0.6) is 0 Å². The summed E-state index contributed by atoms with van der Waals surface area (Å²) in [6, 6.07) is 12.1. The molecule has 6 heteroatoms. The number of likely N-dealkylation sites (N-methyl/N-ethyl adjacent to an activating group) is 1. The number of carbonyl (C=O) groups excluding carboxylic acids is 1. The van der Waals surface area contributed by atoms with Gasteiger partial charge in [-0.2, -0.15) is 0 Å². The second-order valence-electron chi connectivity index (χ2n) is 7.05. The average Bonchev–Trinajstić information content (AvgIpc) is 3.17. The molecule has 2 atom stereocenters. The van der Waals surface area contributed by atoms with E-state index < -0.39 is 0 Å². The number of hydrogen-bond acceptors (Lipinski definition) is 5. The lowest BCUT2D eigenvalue weighted by Gasteiger charge is -2.24. The van der Waals surface area contributed by atoms with E-state index in [-0.39, 0.29) is 11.8 Å². The van der Waals surface area contributed by atoms with Gasteiger partial charge >= 0.3 is 0 Å². The molecule has 1 aromatic heterocycles. The molecule has 0 unspecified atom stereocenters. The number of anilines is 1. The van der Waals surface area contributed by atoms with E-state index in [9.17, 15) is 4.79 Å². The van der Waals surface area contributed by atoms with Crippen molar-refractivity contribution in [3.8, 4) is 0 Å². The van der Waals surface area contributed by atoms with Crippen LogP contribution in [-0.4, -0.2) is 51.9 Å². The van der Waals surface area contributed by atoms with Crippen molar-refractivity contribution in [2.24, 2.45) is 0 Å². The first-order valence-corrected chi connectivity index (χ1v) is 9.29. The summed E-state index contributed by atoms with van der Waals surface area (Å²) in [7, 11) is 2.04. The number of nitrogen functional groups attached to an aromatic ring is 1. The average molecular weight is 365 g/mol. The molecule has 3 rings (SSSR count). The molecule has 1 aromatic carbocycles. The number of aromatic nitrogens is 2. The third-order valence-corrected chi connectivity index (χ3v) is 5.16. The molecule has 27 heavy (non-hydrogen) atoms. The molecule has 0 saturated carbocycles. The van der Waals surface area contributed by atoms with Crippen LogP contribution in [0.1, 0.15) is 30.1 Å². The normalized spacial score (nSPS) is 17.9. The number of nitrogens with two attached hydrogens (primary N) is 1. The van der Waals surface area contributed by atoms with Gasteiger partial charge in [0.05, 0.1) is 6.54 Å². The van der Waals surface area contributed by atoms with Crippen molar-refractivity contribution in [2.45, 2.75) is 31.3 Å². The Morgan fingerprint density at radius 3 is 2.89 bits per heavy atom. The maximum Gasteiger partial charge on any atom is 0.223 e. The van der Waals surface area contributed by atoms with Crippen molar-refractivity contribution in [2.75, 3.05) is 25.9 Å². The van der Waals surface area contributed by atoms with Gasteiger partial charge in [0, 0.05) is 37.7 Å². The molecule has 2 heterocycles. The highest BCUT2D eigenvalue weighted by atomic mass is 16.2. The van der Waals surface area contributed by atoms with E-state index in [4.69, 9.17) is 5.73 Å². The van der Waals surface area contributed by atoms with Gasteiger partial charge in [-0.3, -0.25) is 9.69 Å². The zero-order chi connectivity index (χ0) is 19.2. The maximum absolute atomic E-state index is 12.8. The molecule has 2 aromatic rings. The summed E-state index contributed by atoms with van der Waals surface area (Å²) >= 11 is 0. The molecule has 0 aliphatic carbocycles. The minimum absolute atomic E-state index is 0.0520. The second-order valence-corrected chi connectivity index (χ2v) is 7.05. The lowest BCUT2D eigenvalue weighted by molar-refractivity contribution is -0.130. The highest BCUT2D eigenvalue weighted by Crippen LogP contribution is 2.24. The molecule has 0 spiro atoms. The molecule has 1 aliphatic heterocycles. The summed E-state index contributed by atoms with van der Waals surface area (Å²) in [5, 5.41) is 0. The molecule has 142 valence electrons. The lowest BCUT2D eigenvalue weighted by Crippen LogP contribution is -2.36. The Labute approximate surface area is 160 Å². The molecule has 0 bridgehead atoms. The molecule has 6 nitrogen and oxygen atoms in total. The fourth-order valence-corrected chi connectivity index (χ4v) is 3.53. The van der Waals surface area contributed by atoms with Gasteiger partial charge in [0.25, 0.3) is 0 Å². The van der Waals surface area contributed by atoms with Gasteiger partial charge in [-0.25, -0.2) is 9.97 Å². The highest BCUT2D eigenvalue weighted by molar-refractivity contribution is 5.77. The number of nitrogens with zero attached hydrogens (tertiary/aromatic N) is 4. The predicted octanol–water partition coefficient (Wildman–Crippen LogP) is 2.45. The number of hydrogen-bond donors (Lipinski definition) is 1. The molecule has 1 aliphatic rings. The van der Waals surface area contributed by atoms with Crippen LogP contribution in [0, 0.1) is 0 Å². The fraction of sp³-hybridized carbons (Fsp3) is 0.381. The fourth-order valence-electron chi connectivity index (χ4n) is 3.53. The molecule has 1 fully saturated rings. The van der Waals surface area contributed by atoms with E-state index in [0.717, 1.165) is 25.1 Å². The molecular formula is C21H27N5O. The van der Waals surface area contributed by atoms with Gasteiger partial charge in [0.15, 0.2) is 0 Å². The molecule has 1 amide bonds. The van der Waals surface area contributed by atoms with Crippen LogP contribution >= 0.6 is 0 Å². The largest absolute Gasteiger partial charge is 0.384 e. The summed E-state index contributed by atoms with van der Waals surface area (Å²) in [5.74, 6) is 1.42. The summed E-state index contributed by atoms with van der Waals surface area (Å²) in [4.78, 5) is 25.5. The topological polar surface area (TPSA) is 75.4 Å². The van der Waals surface area contributed by atoms with Gasteiger partial charge in [-0.1, -0.05) is 36.4 Å². The van der Waals surface area contributed by atoms with Gasteiger partial charge in [0.2, 0.25) is 5.91 Å². The summed E-state index contributed by atoms with van der Waals surface area (Å²) < 4.78 is 0. The molecule has 2 N–H and O–H groups in total. The van der Waals surface area contributed by atoms with Crippen molar-refractivity contribution in [1.82, 2.24) is 19.8 Å². The Balaban J connectivity index is 1.55. The zero-order valence-electron chi connectivity index (χ0n) is 15.8. The van der Waals surface area contributed by atoms with Gasteiger partial charge < -0.3 is 10.6 Å². The lowest BCUT2D eigenvalue weighted by atomic mass is 9.95. The van der Waals surface area contributed by atoms with E-state index >= 15 is 0 Å². The standard InChI is InChI=1S/C21H27N5O/c1-3-16(17-7-5-4-6-8-17)13-21(27)26-12-10-18(14-26)25(2)15-20-23-11-9-19(22)24-20/h3-9,11,16,18H,1,10,12-15H2,2H3,(H2,22,23,24)/t16-,18-/m1/s1. The first kappa shape index (κ1) is 19.0. The molecular weight excluding hydrogens is 338 g/mol. The van der Waals surface area contributed by atoms with Crippen molar-refractivity contribution in [3.05, 3.63) is 66.6 Å². The van der Waals surface area contributed by atoms with Crippen molar-refractivity contribution < 1.29 is 4.79 Å². The summed E-state index contributed by atoms with van der Waals surface area (Å²) in [5.41, 5.74) is 6.86. The third kappa shape index (κ3) is 4.92. The highest BCUT2D eigenvalue weighted by Gasteiger charge is 2.30. The number of likely N-dealkylation sites (tertiary alicyclic amines) is 1. The predicted molar refractivity (Wildman–Crippen MR) is 107 cm³/mol. The van der Waals surface area contributed by atoms with Crippen LogP contribution < -0.4 is 5.73 Å². The van der Waals surface area contributed by atoms with Gasteiger partial charge in [-0.05, 0) is 25.1 Å². The maximum atomic E-state index is 12.8. The first-order chi connectivity index (χ1) is 13.1. The van der Waals surface area contributed by atoms with Crippen LogP contribution in [0.4, 0.5) is 5.82 Å². The minimum Gasteiger partial charge on any atom is -0.384 e. The minimum atomic E-state index is 0.0520. The Hall–Kier alpha value is -2.73. The van der Waals surface area contributed by atoms with Crippen LogP contribution in [0.25, 0.3) is 0 Å². The smallest absolute Gasteiger partial charge is 0.223 e. The SMILES string of the molecule is C=C[C@H](CC(=O)N1CC[C@@H](N(C)Cc2nccc(N)n2)C1)c1ccccc1. The quantitative estimate of drug-likeness (QED) is 0.763. The Kier molecular flexibility index (Phi) is 6.19. The number of benzene rings is 1. The van der Waals surface area contributed by atoms with Crippen molar-refractivity contribution in [1.29, 1.82) is 0 Å². The third-order valence-electron chi connectivity index (χ3n) is 5.16. The van der Waals surface area contributed by atoms with E-state index in [1.807, 2.05) is 48.4 Å². The second kappa shape index (κ2) is 8.77. The van der Waals surface area contributed by atoms with E-state index in [0.29, 0.717) is 30.6 Å². The van der Waals surface area contributed by atoms with Crippen LogP contribution in [0.3, 0.4) is 0 Å². The van der Waals surface area contributed by atoms with Crippen molar-refractivity contribution >= 4 is 11.7 Å². The monoisotopic (exact) mass is 365 g/mol. The Bertz CT molecular complexity index is 779. The van der Waals surface area contributed by atoms with E-state index in [1.54, 1.807) is 12.3 Å². The summed E-state index contributed by atoms with van der Waals surface area (Å²) in [6.45, 7) is 6.05. The molecule has 1 saturated heterocycles. The van der Waals surface area contributed by atoms with Crippen LogP contribution in [0.15, 0.2) is 55.3 Å². The van der Waals surface area contributed by atoms with Gasteiger partial charge in [0.1, 0.15) is 11.6 Å². The number of allylic oxidation sites excluding steroid dienone is 1. The number of amides is 1.